The third kappa shape index (κ3) is 10.0. The fourth-order valence-corrected chi connectivity index (χ4v) is 3.42. The van der Waals surface area contributed by atoms with Gasteiger partial charge in [-0.05, 0) is 12.8 Å². The standard InChI is InChI=1S/C23H42N2O/c1-4-6-8-10-11-12-14-18-24-22-17-16-21(20-23(22)26)25(3)19-15-13-9-7-5-2/h17,20,24H,4-16,18-19H2,1-3H3. The van der Waals surface area contributed by atoms with E-state index in [0.717, 1.165) is 37.3 Å². The molecule has 0 heterocycles. The second-order valence-corrected chi connectivity index (χ2v) is 7.71. The molecule has 0 aromatic carbocycles. The van der Waals surface area contributed by atoms with Crippen molar-refractivity contribution in [3.63, 3.8) is 0 Å². The number of rotatable bonds is 16. The zero-order chi connectivity index (χ0) is 19.0. The Balaban J connectivity index is 2.15. The predicted molar refractivity (Wildman–Crippen MR) is 113 cm³/mol. The minimum atomic E-state index is 0.145. The summed E-state index contributed by atoms with van der Waals surface area (Å²) in [5.74, 6) is 0.145. The highest BCUT2D eigenvalue weighted by atomic mass is 16.1. The molecule has 0 amide bonds. The van der Waals surface area contributed by atoms with Crippen LogP contribution in [0.2, 0.25) is 0 Å². The SMILES string of the molecule is CCCCCCCCCNC1=CCC(N(C)CCCCCCC)=CC1=O. The number of nitrogens with zero attached hydrogens (tertiary/aromatic N) is 1. The Morgan fingerprint density at radius 1 is 0.885 bits per heavy atom. The molecule has 0 radical (unpaired) electrons. The third-order valence-electron chi connectivity index (χ3n) is 5.26. The minimum Gasteiger partial charge on any atom is -0.382 e. The van der Waals surface area contributed by atoms with E-state index in [1.807, 2.05) is 6.08 Å². The van der Waals surface area contributed by atoms with Crippen molar-refractivity contribution in [2.75, 3.05) is 20.1 Å². The summed E-state index contributed by atoms with van der Waals surface area (Å²) in [6.45, 7) is 6.47. The van der Waals surface area contributed by atoms with Crippen LogP contribution in [-0.2, 0) is 4.79 Å². The van der Waals surface area contributed by atoms with E-state index in [0.29, 0.717) is 0 Å². The van der Waals surface area contributed by atoms with Gasteiger partial charge in [0.2, 0.25) is 5.78 Å². The first kappa shape index (κ1) is 22.8. The van der Waals surface area contributed by atoms with Gasteiger partial charge in [-0.1, -0.05) is 84.1 Å². The Kier molecular flexibility index (Phi) is 13.0. The van der Waals surface area contributed by atoms with Crippen molar-refractivity contribution < 1.29 is 4.79 Å². The third-order valence-corrected chi connectivity index (χ3v) is 5.26. The molecule has 26 heavy (non-hydrogen) atoms. The van der Waals surface area contributed by atoms with Crippen LogP contribution in [0.15, 0.2) is 23.5 Å². The fourth-order valence-electron chi connectivity index (χ4n) is 3.42. The van der Waals surface area contributed by atoms with Crippen LogP contribution in [0.4, 0.5) is 0 Å². The van der Waals surface area contributed by atoms with E-state index >= 15 is 0 Å². The molecule has 1 rings (SSSR count). The average molecular weight is 363 g/mol. The topological polar surface area (TPSA) is 32.3 Å². The van der Waals surface area contributed by atoms with Crippen LogP contribution in [0, 0.1) is 0 Å². The van der Waals surface area contributed by atoms with Crippen molar-refractivity contribution >= 4 is 5.78 Å². The Labute approximate surface area is 162 Å². The van der Waals surface area contributed by atoms with Gasteiger partial charge < -0.3 is 10.2 Å². The molecular formula is C23H42N2O. The number of carbonyl (C=O) groups is 1. The van der Waals surface area contributed by atoms with Crippen molar-refractivity contribution in [1.82, 2.24) is 10.2 Å². The van der Waals surface area contributed by atoms with E-state index in [-0.39, 0.29) is 5.78 Å². The molecule has 3 nitrogen and oxygen atoms in total. The summed E-state index contributed by atoms with van der Waals surface area (Å²) in [5.41, 5.74) is 1.96. The Hall–Kier alpha value is -1.25. The average Bonchev–Trinajstić information content (AvgIpc) is 2.64. The first-order chi connectivity index (χ1) is 12.7. The predicted octanol–water partition coefficient (Wildman–Crippen LogP) is 5.97. The zero-order valence-corrected chi connectivity index (χ0v) is 17.6. The van der Waals surface area contributed by atoms with Gasteiger partial charge in [0.25, 0.3) is 0 Å². The summed E-state index contributed by atoms with van der Waals surface area (Å²) in [6, 6.07) is 0. The van der Waals surface area contributed by atoms with Gasteiger partial charge in [-0.15, -0.1) is 0 Å². The molecule has 3 heteroatoms. The number of hydrogen-bond acceptors (Lipinski definition) is 3. The maximum atomic E-state index is 12.3. The molecule has 0 unspecified atom stereocenters. The molecular weight excluding hydrogens is 320 g/mol. The molecule has 0 saturated carbocycles. The van der Waals surface area contributed by atoms with Gasteiger partial charge in [0.1, 0.15) is 0 Å². The summed E-state index contributed by atoms with van der Waals surface area (Å²) < 4.78 is 0. The van der Waals surface area contributed by atoms with Crippen LogP contribution in [0.5, 0.6) is 0 Å². The van der Waals surface area contributed by atoms with Gasteiger partial charge in [-0.25, -0.2) is 0 Å². The van der Waals surface area contributed by atoms with Crippen molar-refractivity contribution in [1.29, 1.82) is 0 Å². The van der Waals surface area contributed by atoms with Gasteiger partial charge in [-0.2, -0.15) is 0 Å². The van der Waals surface area contributed by atoms with Crippen molar-refractivity contribution in [3.05, 3.63) is 23.5 Å². The van der Waals surface area contributed by atoms with E-state index in [1.165, 1.54) is 70.6 Å². The molecule has 0 spiro atoms. The largest absolute Gasteiger partial charge is 0.382 e. The molecule has 0 atom stereocenters. The highest BCUT2D eigenvalue weighted by Crippen LogP contribution is 2.17. The van der Waals surface area contributed by atoms with Gasteiger partial charge in [0.05, 0.1) is 5.70 Å². The molecule has 150 valence electrons. The number of hydrogen-bond donors (Lipinski definition) is 1. The summed E-state index contributed by atoms with van der Waals surface area (Å²) in [4.78, 5) is 14.6. The molecule has 0 saturated heterocycles. The van der Waals surface area contributed by atoms with E-state index in [2.05, 4.69) is 37.2 Å². The lowest BCUT2D eigenvalue weighted by Crippen LogP contribution is -2.27. The van der Waals surface area contributed by atoms with Crippen LogP contribution in [-0.4, -0.2) is 30.8 Å². The molecule has 0 aromatic heterocycles. The van der Waals surface area contributed by atoms with E-state index < -0.39 is 0 Å². The lowest BCUT2D eigenvalue weighted by molar-refractivity contribution is -0.111. The lowest BCUT2D eigenvalue weighted by Gasteiger charge is -2.24. The second kappa shape index (κ2) is 14.9. The fraction of sp³-hybridized carbons (Fsp3) is 0.783. The smallest absolute Gasteiger partial charge is 0.203 e. The quantitative estimate of drug-likeness (QED) is 0.343. The molecule has 1 N–H and O–H groups in total. The normalized spacial score (nSPS) is 14.2. The number of ketones is 1. The van der Waals surface area contributed by atoms with E-state index in [4.69, 9.17) is 0 Å². The van der Waals surface area contributed by atoms with E-state index in [9.17, 15) is 4.79 Å². The zero-order valence-electron chi connectivity index (χ0n) is 17.6. The lowest BCUT2D eigenvalue weighted by atomic mass is 10.1. The first-order valence-electron chi connectivity index (χ1n) is 11.1. The first-order valence-corrected chi connectivity index (χ1v) is 11.1. The van der Waals surface area contributed by atoms with Gasteiger partial charge in [0.15, 0.2) is 0 Å². The van der Waals surface area contributed by atoms with E-state index in [1.54, 1.807) is 0 Å². The van der Waals surface area contributed by atoms with Crippen LogP contribution >= 0.6 is 0 Å². The Morgan fingerprint density at radius 2 is 1.46 bits per heavy atom. The Bertz CT molecular complexity index is 439. The molecule has 0 aliphatic heterocycles. The minimum absolute atomic E-state index is 0.145. The summed E-state index contributed by atoms with van der Waals surface area (Å²) in [6.07, 6.45) is 20.4. The Morgan fingerprint density at radius 3 is 2.08 bits per heavy atom. The van der Waals surface area contributed by atoms with Crippen molar-refractivity contribution in [3.8, 4) is 0 Å². The van der Waals surface area contributed by atoms with Crippen molar-refractivity contribution in [2.24, 2.45) is 0 Å². The van der Waals surface area contributed by atoms with Gasteiger partial charge in [-0.3, -0.25) is 4.79 Å². The number of nitrogens with one attached hydrogen (secondary N) is 1. The molecule has 0 fully saturated rings. The maximum absolute atomic E-state index is 12.3. The summed E-state index contributed by atoms with van der Waals surface area (Å²) in [7, 11) is 2.11. The number of allylic oxidation sites excluding steroid dienone is 2. The number of unbranched alkanes of at least 4 members (excludes halogenated alkanes) is 10. The molecule has 1 aliphatic rings. The summed E-state index contributed by atoms with van der Waals surface area (Å²) in [5, 5.41) is 3.35. The molecule has 1 aliphatic carbocycles. The van der Waals surface area contributed by atoms with Crippen molar-refractivity contribution in [2.45, 2.75) is 97.3 Å². The highest BCUT2D eigenvalue weighted by Gasteiger charge is 2.15. The van der Waals surface area contributed by atoms with Crippen LogP contribution in [0.25, 0.3) is 0 Å². The van der Waals surface area contributed by atoms with Crippen LogP contribution in [0.1, 0.15) is 97.3 Å². The summed E-state index contributed by atoms with van der Waals surface area (Å²) >= 11 is 0. The van der Waals surface area contributed by atoms with Gasteiger partial charge >= 0.3 is 0 Å². The van der Waals surface area contributed by atoms with Crippen LogP contribution in [0.3, 0.4) is 0 Å². The number of carbonyl (C=O) groups excluding carboxylic acids is 1. The monoisotopic (exact) mass is 362 g/mol. The highest BCUT2D eigenvalue weighted by molar-refractivity contribution is 6.04. The van der Waals surface area contributed by atoms with Gasteiger partial charge in [0, 0.05) is 38.3 Å². The van der Waals surface area contributed by atoms with Crippen LogP contribution < -0.4 is 5.32 Å². The maximum Gasteiger partial charge on any atom is 0.203 e. The molecule has 0 aromatic rings. The molecule has 0 bridgehead atoms. The second-order valence-electron chi connectivity index (χ2n) is 7.71.